The molecule has 38 heavy (non-hydrogen) atoms. The third kappa shape index (κ3) is 7.42. The summed E-state index contributed by atoms with van der Waals surface area (Å²) in [5.74, 6) is 1.27. The fourth-order valence-electron chi connectivity index (χ4n) is 4.91. The van der Waals surface area contributed by atoms with Crippen molar-refractivity contribution in [3.05, 3.63) is 36.7 Å². The van der Waals surface area contributed by atoms with Crippen molar-refractivity contribution in [3.8, 4) is 0 Å². The number of aliphatic hydroxyl groups is 1. The van der Waals surface area contributed by atoms with Crippen LogP contribution in [0.1, 0.15) is 71.6 Å². The summed E-state index contributed by atoms with van der Waals surface area (Å²) in [6.45, 7) is 5.35. The summed E-state index contributed by atoms with van der Waals surface area (Å²) in [5.41, 5.74) is 1.52. The third-order valence-corrected chi connectivity index (χ3v) is 8.63. The van der Waals surface area contributed by atoms with Crippen molar-refractivity contribution in [2.75, 3.05) is 17.2 Å². The number of nitrogens with zero attached hydrogens (tertiary/aromatic N) is 4. The molecule has 1 aromatic carbocycles. The first-order valence-electron chi connectivity index (χ1n) is 13.9. The van der Waals surface area contributed by atoms with E-state index in [9.17, 15) is 13.5 Å². The Morgan fingerprint density at radius 1 is 1.05 bits per heavy atom. The number of anilines is 2. The fourth-order valence-corrected chi connectivity index (χ4v) is 6.01. The molecule has 1 unspecified atom stereocenters. The fraction of sp³-hybridized carbons (Fsp3) is 0.593. The van der Waals surface area contributed by atoms with E-state index in [1.54, 1.807) is 36.7 Å². The second-order valence-corrected chi connectivity index (χ2v) is 11.9. The summed E-state index contributed by atoms with van der Waals surface area (Å²) in [5, 5.41) is 17.0. The Hall–Kier alpha value is -2.76. The molecular weight excluding hydrogens is 502 g/mol. The number of imidazole rings is 1. The zero-order chi connectivity index (χ0) is 27.0. The van der Waals surface area contributed by atoms with Gasteiger partial charge in [-0.2, -0.15) is 9.97 Å². The van der Waals surface area contributed by atoms with Crippen LogP contribution in [-0.4, -0.2) is 57.8 Å². The van der Waals surface area contributed by atoms with Gasteiger partial charge in [0.1, 0.15) is 0 Å². The number of rotatable bonds is 14. The van der Waals surface area contributed by atoms with Crippen LogP contribution in [0.3, 0.4) is 0 Å². The zero-order valence-electron chi connectivity index (χ0n) is 22.4. The monoisotopic (exact) mass is 543 g/mol. The van der Waals surface area contributed by atoms with Gasteiger partial charge in [0.15, 0.2) is 17.0 Å². The summed E-state index contributed by atoms with van der Waals surface area (Å²) in [4.78, 5) is 14.5. The summed E-state index contributed by atoms with van der Waals surface area (Å²) in [6.07, 6.45) is 9.48. The van der Waals surface area contributed by atoms with E-state index in [0.29, 0.717) is 24.7 Å². The maximum atomic E-state index is 12.6. The standard InChI is InChI=1S/C27H41N7O3S/c1-3-5-10-20(11-9-18-29-38(36,37)23-12-7-6-8-13-23)30-25-24-26(34(4-2)19-28-24)33-27(32-25)31-21-14-16-22(35)17-15-21/h6-8,12-13,19-22,29,35H,3-5,9-11,14-18H2,1-2H3,(H2,30,31,32,33). The molecule has 1 atom stereocenters. The second-order valence-electron chi connectivity index (χ2n) is 10.1. The van der Waals surface area contributed by atoms with E-state index in [0.717, 1.165) is 69.1 Å². The Morgan fingerprint density at radius 2 is 1.79 bits per heavy atom. The minimum atomic E-state index is -3.51. The number of hydrogen-bond donors (Lipinski definition) is 4. The molecule has 1 fully saturated rings. The van der Waals surface area contributed by atoms with Crippen LogP contribution in [0.15, 0.2) is 41.6 Å². The van der Waals surface area contributed by atoms with E-state index in [1.807, 2.05) is 4.57 Å². The lowest BCUT2D eigenvalue weighted by Gasteiger charge is -2.26. The SMILES string of the molecule is CCCCC(CCCNS(=O)(=O)c1ccccc1)Nc1nc(NC2CCC(O)CC2)nc2c1ncn2CC. The van der Waals surface area contributed by atoms with Crippen molar-refractivity contribution in [3.63, 3.8) is 0 Å². The van der Waals surface area contributed by atoms with Gasteiger partial charge in [0, 0.05) is 25.2 Å². The molecule has 2 heterocycles. The molecule has 208 valence electrons. The highest BCUT2D eigenvalue weighted by Gasteiger charge is 2.22. The quantitative estimate of drug-likeness (QED) is 0.221. The first kappa shape index (κ1) is 28.3. The first-order valence-corrected chi connectivity index (χ1v) is 15.4. The lowest BCUT2D eigenvalue weighted by Crippen LogP contribution is -2.29. The molecule has 1 aliphatic carbocycles. The minimum Gasteiger partial charge on any atom is -0.393 e. The number of sulfonamides is 1. The predicted octanol–water partition coefficient (Wildman–Crippen LogP) is 4.29. The van der Waals surface area contributed by atoms with Crippen molar-refractivity contribution in [2.24, 2.45) is 0 Å². The summed E-state index contributed by atoms with van der Waals surface area (Å²) in [6, 6.07) is 8.81. The second kappa shape index (κ2) is 13.3. The number of nitrogens with one attached hydrogen (secondary N) is 3. The van der Waals surface area contributed by atoms with Crippen LogP contribution in [-0.2, 0) is 16.6 Å². The molecule has 0 radical (unpaired) electrons. The van der Waals surface area contributed by atoms with Gasteiger partial charge in [0.2, 0.25) is 16.0 Å². The summed E-state index contributed by atoms with van der Waals surface area (Å²) < 4.78 is 29.9. The molecule has 1 aliphatic rings. The lowest BCUT2D eigenvalue weighted by atomic mass is 9.93. The molecule has 4 rings (SSSR count). The highest BCUT2D eigenvalue weighted by molar-refractivity contribution is 7.89. The number of aryl methyl sites for hydroxylation is 1. The van der Waals surface area contributed by atoms with Gasteiger partial charge >= 0.3 is 0 Å². The Bertz CT molecular complexity index is 1260. The van der Waals surface area contributed by atoms with Crippen LogP contribution in [0, 0.1) is 0 Å². The van der Waals surface area contributed by atoms with Crippen molar-refractivity contribution in [1.29, 1.82) is 0 Å². The summed E-state index contributed by atoms with van der Waals surface area (Å²) >= 11 is 0. The van der Waals surface area contributed by atoms with Crippen molar-refractivity contribution < 1.29 is 13.5 Å². The third-order valence-electron chi connectivity index (χ3n) is 7.16. The Kier molecular flexibility index (Phi) is 9.92. The summed E-state index contributed by atoms with van der Waals surface area (Å²) in [7, 11) is -3.51. The van der Waals surface area contributed by atoms with Crippen molar-refractivity contribution in [1.82, 2.24) is 24.2 Å². The predicted molar refractivity (Wildman–Crippen MR) is 151 cm³/mol. The molecule has 0 saturated heterocycles. The van der Waals surface area contributed by atoms with Gasteiger partial charge in [-0.25, -0.2) is 18.1 Å². The molecule has 3 aromatic rings. The van der Waals surface area contributed by atoms with Crippen molar-refractivity contribution in [2.45, 2.75) is 101 Å². The van der Waals surface area contributed by atoms with E-state index in [4.69, 9.17) is 9.97 Å². The minimum absolute atomic E-state index is 0.124. The molecule has 2 aromatic heterocycles. The molecule has 4 N–H and O–H groups in total. The normalized spacial score (nSPS) is 18.9. The van der Waals surface area contributed by atoms with Gasteiger partial charge in [-0.15, -0.1) is 0 Å². The number of fused-ring (bicyclic) bond motifs is 1. The maximum Gasteiger partial charge on any atom is 0.240 e. The van der Waals surface area contributed by atoms with Crippen LogP contribution in [0.2, 0.25) is 0 Å². The van der Waals surface area contributed by atoms with Gasteiger partial charge in [0.25, 0.3) is 0 Å². The van der Waals surface area contributed by atoms with Crippen LogP contribution in [0.4, 0.5) is 11.8 Å². The molecule has 10 nitrogen and oxygen atoms in total. The van der Waals surface area contributed by atoms with E-state index >= 15 is 0 Å². The topological polar surface area (TPSA) is 134 Å². The van der Waals surface area contributed by atoms with E-state index in [2.05, 4.69) is 34.2 Å². The Balaban J connectivity index is 1.45. The van der Waals surface area contributed by atoms with Crippen molar-refractivity contribution >= 4 is 33.0 Å². The molecule has 11 heteroatoms. The number of aromatic nitrogens is 4. The molecule has 0 aliphatic heterocycles. The van der Waals surface area contributed by atoms with Gasteiger partial charge < -0.3 is 20.3 Å². The van der Waals surface area contributed by atoms with E-state index in [1.165, 1.54) is 0 Å². The highest BCUT2D eigenvalue weighted by atomic mass is 32.2. The Morgan fingerprint density at radius 3 is 2.50 bits per heavy atom. The van der Waals surface area contributed by atoms with Gasteiger partial charge in [-0.3, -0.25) is 0 Å². The Labute approximate surface area is 225 Å². The van der Waals surface area contributed by atoms with Gasteiger partial charge in [0.05, 0.1) is 17.3 Å². The van der Waals surface area contributed by atoms with Gasteiger partial charge in [-0.05, 0) is 64.0 Å². The number of hydrogen-bond acceptors (Lipinski definition) is 8. The molecule has 0 bridgehead atoms. The zero-order valence-corrected chi connectivity index (χ0v) is 23.3. The largest absolute Gasteiger partial charge is 0.393 e. The average Bonchev–Trinajstić information content (AvgIpc) is 3.34. The number of unbranched alkanes of at least 4 members (excludes halogenated alkanes) is 1. The molecular formula is C27H41N7O3S. The average molecular weight is 544 g/mol. The molecule has 0 spiro atoms. The highest BCUT2D eigenvalue weighted by Crippen LogP contribution is 2.26. The van der Waals surface area contributed by atoms with Crippen LogP contribution >= 0.6 is 0 Å². The van der Waals surface area contributed by atoms with E-state index in [-0.39, 0.29) is 23.1 Å². The molecule has 0 amide bonds. The maximum absolute atomic E-state index is 12.6. The van der Waals surface area contributed by atoms with E-state index < -0.39 is 10.0 Å². The molecule has 1 saturated carbocycles. The number of aliphatic hydroxyl groups excluding tert-OH is 1. The van der Waals surface area contributed by atoms with Crippen LogP contribution < -0.4 is 15.4 Å². The van der Waals surface area contributed by atoms with Crippen LogP contribution in [0.5, 0.6) is 0 Å². The number of benzene rings is 1. The smallest absolute Gasteiger partial charge is 0.240 e. The van der Waals surface area contributed by atoms with Gasteiger partial charge in [-0.1, -0.05) is 38.0 Å². The first-order chi connectivity index (χ1) is 18.4. The lowest BCUT2D eigenvalue weighted by molar-refractivity contribution is 0.126. The van der Waals surface area contributed by atoms with Crippen LogP contribution in [0.25, 0.3) is 11.2 Å².